The van der Waals surface area contributed by atoms with Gasteiger partial charge in [-0.1, -0.05) is 11.6 Å². The third-order valence-electron chi connectivity index (χ3n) is 2.81. The average Bonchev–Trinajstić information content (AvgIpc) is 2.29. The molecular weight excluding hydrogens is 254 g/mol. The van der Waals surface area contributed by atoms with Crippen LogP contribution in [0.3, 0.4) is 0 Å². The highest BCUT2D eigenvalue weighted by Gasteiger charge is 2.19. The quantitative estimate of drug-likeness (QED) is 0.914. The molecule has 98 valence electrons. The van der Waals surface area contributed by atoms with Gasteiger partial charge in [0.1, 0.15) is 6.54 Å². The van der Waals surface area contributed by atoms with Crippen LogP contribution in [-0.4, -0.2) is 35.0 Å². The number of hydrogen-bond acceptors (Lipinski definition) is 2. The highest BCUT2D eigenvalue weighted by molar-refractivity contribution is 6.34. The van der Waals surface area contributed by atoms with Crippen molar-refractivity contribution in [2.75, 3.05) is 13.1 Å². The van der Waals surface area contributed by atoms with Gasteiger partial charge in [-0.2, -0.15) is 0 Å². The largest absolute Gasteiger partial charge is 0.480 e. The predicted molar refractivity (Wildman–Crippen MR) is 70.1 cm³/mol. The molecule has 4 nitrogen and oxygen atoms in total. The van der Waals surface area contributed by atoms with Gasteiger partial charge in [0.2, 0.25) is 0 Å². The second-order valence-corrected chi connectivity index (χ2v) is 4.54. The van der Waals surface area contributed by atoms with Crippen LogP contribution in [0, 0.1) is 13.8 Å². The van der Waals surface area contributed by atoms with Crippen molar-refractivity contribution in [3.8, 4) is 0 Å². The van der Waals surface area contributed by atoms with Crippen molar-refractivity contribution in [1.82, 2.24) is 4.90 Å². The van der Waals surface area contributed by atoms with E-state index in [-0.39, 0.29) is 12.5 Å². The van der Waals surface area contributed by atoms with E-state index in [4.69, 9.17) is 16.7 Å². The molecule has 0 unspecified atom stereocenters. The van der Waals surface area contributed by atoms with Gasteiger partial charge in [0.25, 0.3) is 5.91 Å². The topological polar surface area (TPSA) is 57.6 Å². The van der Waals surface area contributed by atoms with Crippen molar-refractivity contribution >= 4 is 23.5 Å². The number of carbonyl (C=O) groups excluding carboxylic acids is 1. The van der Waals surface area contributed by atoms with E-state index in [0.29, 0.717) is 17.1 Å². The average molecular weight is 270 g/mol. The molecule has 0 aliphatic heterocycles. The zero-order chi connectivity index (χ0) is 13.9. The van der Waals surface area contributed by atoms with Gasteiger partial charge in [-0.05, 0) is 44.0 Å². The van der Waals surface area contributed by atoms with Gasteiger partial charge < -0.3 is 10.0 Å². The molecule has 0 radical (unpaired) electrons. The molecule has 0 spiro atoms. The zero-order valence-electron chi connectivity index (χ0n) is 10.7. The Bertz CT molecular complexity index is 485. The first-order chi connectivity index (χ1) is 8.36. The molecule has 5 heteroatoms. The minimum atomic E-state index is -1.04. The normalized spacial score (nSPS) is 10.2. The molecule has 1 rings (SSSR count). The molecule has 0 aromatic heterocycles. The van der Waals surface area contributed by atoms with Crippen molar-refractivity contribution < 1.29 is 14.7 Å². The van der Waals surface area contributed by atoms with Gasteiger partial charge in [-0.25, -0.2) is 0 Å². The number of benzene rings is 1. The molecule has 0 atom stereocenters. The molecule has 18 heavy (non-hydrogen) atoms. The lowest BCUT2D eigenvalue weighted by molar-refractivity contribution is -0.137. The Hall–Kier alpha value is -1.55. The molecule has 1 aromatic rings. The fourth-order valence-electron chi connectivity index (χ4n) is 1.61. The summed E-state index contributed by atoms with van der Waals surface area (Å²) in [4.78, 5) is 24.1. The molecular formula is C13H16ClNO3. The minimum Gasteiger partial charge on any atom is -0.480 e. The number of hydrogen-bond donors (Lipinski definition) is 1. The van der Waals surface area contributed by atoms with Gasteiger partial charge >= 0.3 is 5.97 Å². The Morgan fingerprint density at radius 1 is 1.28 bits per heavy atom. The Morgan fingerprint density at radius 2 is 1.83 bits per heavy atom. The Labute approximate surface area is 111 Å². The van der Waals surface area contributed by atoms with Gasteiger partial charge in [0, 0.05) is 6.54 Å². The summed E-state index contributed by atoms with van der Waals surface area (Å²) in [5, 5.41) is 9.11. The summed E-state index contributed by atoms with van der Waals surface area (Å²) in [6.45, 7) is 5.53. The monoisotopic (exact) mass is 269 g/mol. The number of carboxylic acids is 1. The van der Waals surface area contributed by atoms with E-state index in [1.165, 1.54) is 4.90 Å². The van der Waals surface area contributed by atoms with Gasteiger partial charge in [0.15, 0.2) is 0 Å². The van der Waals surface area contributed by atoms with E-state index < -0.39 is 5.97 Å². The maximum absolute atomic E-state index is 12.2. The number of nitrogens with zero attached hydrogens (tertiary/aromatic N) is 1. The van der Waals surface area contributed by atoms with E-state index in [1.54, 1.807) is 19.1 Å². The fourth-order valence-corrected chi connectivity index (χ4v) is 1.90. The molecule has 0 heterocycles. The van der Waals surface area contributed by atoms with Crippen LogP contribution in [0.4, 0.5) is 0 Å². The second-order valence-electron chi connectivity index (χ2n) is 4.13. The molecule has 0 saturated heterocycles. The molecule has 0 fully saturated rings. The first-order valence-electron chi connectivity index (χ1n) is 5.64. The van der Waals surface area contributed by atoms with Gasteiger partial charge in [-0.15, -0.1) is 0 Å². The lowest BCUT2D eigenvalue weighted by atomic mass is 10.1. The van der Waals surface area contributed by atoms with Crippen LogP contribution in [0.25, 0.3) is 0 Å². The van der Waals surface area contributed by atoms with Crippen LogP contribution in [0.5, 0.6) is 0 Å². The second kappa shape index (κ2) is 5.87. The number of aliphatic carboxylic acids is 1. The number of carboxylic acid groups (broad SMARTS) is 1. The maximum Gasteiger partial charge on any atom is 0.323 e. The third kappa shape index (κ3) is 3.23. The summed E-state index contributed by atoms with van der Waals surface area (Å²) < 4.78 is 0. The number of carbonyl (C=O) groups is 2. The number of aryl methyl sites for hydroxylation is 2. The van der Waals surface area contributed by atoms with Crippen LogP contribution in [0.2, 0.25) is 5.02 Å². The summed E-state index contributed by atoms with van der Waals surface area (Å²) in [6.07, 6.45) is 0. The fraction of sp³-hybridized carbons (Fsp3) is 0.385. The van der Waals surface area contributed by atoms with Crippen molar-refractivity contribution in [3.05, 3.63) is 33.8 Å². The maximum atomic E-state index is 12.2. The van der Waals surface area contributed by atoms with Crippen LogP contribution in [-0.2, 0) is 4.79 Å². The minimum absolute atomic E-state index is 0.321. The number of amides is 1. The van der Waals surface area contributed by atoms with E-state index in [1.807, 2.05) is 13.8 Å². The van der Waals surface area contributed by atoms with Crippen LogP contribution >= 0.6 is 11.6 Å². The van der Waals surface area contributed by atoms with E-state index in [9.17, 15) is 9.59 Å². The number of halogens is 1. The standard InChI is InChI=1S/C13H16ClNO3/c1-4-15(7-12(16)17)13(18)10-5-8(2)9(3)6-11(10)14/h5-6H,4,7H2,1-3H3,(H,16,17). The SMILES string of the molecule is CCN(CC(=O)O)C(=O)c1cc(C)c(C)cc1Cl. The molecule has 1 amide bonds. The highest BCUT2D eigenvalue weighted by atomic mass is 35.5. The Balaban J connectivity index is 3.09. The van der Waals surface area contributed by atoms with Crippen molar-refractivity contribution in [1.29, 1.82) is 0 Å². The third-order valence-corrected chi connectivity index (χ3v) is 3.12. The molecule has 1 aromatic carbocycles. The lowest BCUT2D eigenvalue weighted by Gasteiger charge is -2.19. The smallest absolute Gasteiger partial charge is 0.323 e. The van der Waals surface area contributed by atoms with E-state index in [0.717, 1.165) is 11.1 Å². The summed E-state index contributed by atoms with van der Waals surface area (Å²) in [5.41, 5.74) is 2.30. The number of likely N-dealkylation sites (N-methyl/N-ethyl adjacent to an activating group) is 1. The summed E-state index contributed by atoms with van der Waals surface area (Å²) in [7, 11) is 0. The Morgan fingerprint density at radius 3 is 2.33 bits per heavy atom. The lowest BCUT2D eigenvalue weighted by Crippen LogP contribution is -2.35. The molecule has 1 N–H and O–H groups in total. The van der Waals surface area contributed by atoms with Gasteiger partial charge in [0.05, 0.1) is 10.6 Å². The summed E-state index contributed by atoms with van der Waals surface area (Å²) in [5.74, 6) is -1.39. The van der Waals surface area contributed by atoms with Crippen LogP contribution in [0.15, 0.2) is 12.1 Å². The molecule has 0 aliphatic rings. The first-order valence-corrected chi connectivity index (χ1v) is 6.02. The summed E-state index contributed by atoms with van der Waals surface area (Å²) in [6, 6.07) is 3.42. The highest BCUT2D eigenvalue weighted by Crippen LogP contribution is 2.22. The van der Waals surface area contributed by atoms with Crippen LogP contribution in [0.1, 0.15) is 28.4 Å². The zero-order valence-corrected chi connectivity index (χ0v) is 11.4. The number of rotatable bonds is 4. The van der Waals surface area contributed by atoms with E-state index in [2.05, 4.69) is 0 Å². The molecule has 0 saturated carbocycles. The van der Waals surface area contributed by atoms with Gasteiger partial charge in [-0.3, -0.25) is 9.59 Å². The predicted octanol–water partition coefficient (Wildman–Crippen LogP) is 2.50. The van der Waals surface area contributed by atoms with Crippen molar-refractivity contribution in [3.63, 3.8) is 0 Å². The molecule has 0 aliphatic carbocycles. The van der Waals surface area contributed by atoms with Crippen LogP contribution < -0.4 is 0 Å². The van der Waals surface area contributed by atoms with E-state index >= 15 is 0 Å². The Kier molecular flexibility index (Phi) is 4.73. The molecule has 0 bridgehead atoms. The summed E-state index contributed by atoms with van der Waals surface area (Å²) >= 11 is 6.04. The van der Waals surface area contributed by atoms with Crippen molar-refractivity contribution in [2.24, 2.45) is 0 Å². The van der Waals surface area contributed by atoms with Crippen molar-refractivity contribution in [2.45, 2.75) is 20.8 Å². The first kappa shape index (κ1) is 14.5.